The Morgan fingerprint density at radius 3 is 2.52 bits per heavy atom. The first kappa shape index (κ1) is 17.0. The molecule has 0 spiro atoms. The number of hydrogen-bond acceptors (Lipinski definition) is 3. The van der Waals surface area contributed by atoms with Crippen molar-refractivity contribution in [3.63, 3.8) is 0 Å². The van der Waals surface area contributed by atoms with Gasteiger partial charge in [-0.15, -0.1) is 0 Å². The van der Waals surface area contributed by atoms with Crippen LogP contribution >= 0.6 is 0 Å². The molecule has 4 aromatic rings. The fourth-order valence-corrected chi connectivity index (χ4v) is 3.14. The zero-order valence-corrected chi connectivity index (χ0v) is 15.6. The number of rotatable bonds is 4. The van der Waals surface area contributed by atoms with Gasteiger partial charge in [-0.05, 0) is 24.6 Å². The summed E-state index contributed by atoms with van der Waals surface area (Å²) >= 11 is 0. The van der Waals surface area contributed by atoms with Gasteiger partial charge in [-0.3, -0.25) is 9.20 Å². The summed E-state index contributed by atoms with van der Waals surface area (Å²) < 4.78 is 4.02. The highest BCUT2D eigenvalue weighted by molar-refractivity contribution is 5.99. The van der Waals surface area contributed by atoms with Crippen LogP contribution < -0.4 is 0 Å². The maximum Gasteiger partial charge on any atom is 0.274 e. The van der Waals surface area contributed by atoms with Crippen molar-refractivity contribution in [3.8, 4) is 11.5 Å². The van der Waals surface area contributed by atoms with Crippen molar-refractivity contribution in [2.24, 2.45) is 0 Å². The number of fused-ring (bicyclic) bond motifs is 1. The highest BCUT2D eigenvalue weighted by Gasteiger charge is 2.21. The molecule has 136 valence electrons. The van der Waals surface area contributed by atoms with Crippen LogP contribution in [0.1, 0.15) is 21.9 Å². The molecule has 0 unspecified atom stereocenters. The van der Waals surface area contributed by atoms with E-state index in [0.717, 1.165) is 23.6 Å². The molecule has 0 radical (unpaired) electrons. The first-order chi connectivity index (χ1) is 13.0. The first-order valence-corrected chi connectivity index (χ1v) is 8.81. The van der Waals surface area contributed by atoms with E-state index in [2.05, 4.69) is 21.7 Å². The number of carbonyl (C=O) groups is 1. The van der Waals surface area contributed by atoms with Crippen molar-refractivity contribution in [2.75, 3.05) is 14.1 Å². The van der Waals surface area contributed by atoms with Crippen molar-refractivity contribution in [1.29, 1.82) is 0 Å². The van der Waals surface area contributed by atoms with E-state index in [9.17, 15) is 4.79 Å². The molecule has 0 atom stereocenters. The lowest BCUT2D eigenvalue weighted by Crippen LogP contribution is -2.22. The molecule has 6 nitrogen and oxygen atoms in total. The third-order valence-corrected chi connectivity index (χ3v) is 4.56. The van der Waals surface area contributed by atoms with Crippen LogP contribution in [0.25, 0.3) is 17.0 Å². The molecule has 3 aromatic heterocycles. The Bertz CT molecular complexity index is 1110. The van der Waals surface area contributed by atoms with Crippen LogP contribution in [-0.4, -0.2) is 43.8 Å². The fourth-order valence-electron chi connectivity index (χ4n) is 3.14. The summed E-state index contributed by atoms with van der Waals surface area (Å²) in [4.78, 5) is 23.4. The van der Waals surface area contributed by atoms with Crippen molar-refractivity contribution in [3.05, 3.63) is 78.0 Å². The van der Waals surface area contributed by atoms with Crippen molar-refractivity contribution in [1.82, 2.24) is 23.8 Å². The van der Waals surface area contributed by atoms with Crippen LogP contribution in [0.2, 0.25) is 0 Å². The number of imidazole rings is 2. The van der Waals surface area contributed by atoms with Gasteiger partial charge >= 0.3 is 0 Å². The van der Waals surface area contributed by atoms with E-state index in [4.69, 9.17) is 4.98 Å². The van der Waals surface area contributed by atoms with E-state index in [1.54, 1.807) is 19.0 Å². The SMILES string of the molecule is Cc1nc(-c2nc(C(=O)N(C)C)c3ccccn23)cn1Cc1ccccc1. The Balaban J connectivity index is 1.79. The van der Waals surface area contributed by atoms with Gasteiger partial charge in [0, 0.05) is 33.0 Å². The van der Waals surface area contributed by atoms with Gasteiger partial charge in [0.15, 0.2) is 11.5 Å². The molecule has 1 amide bonds. The summed E-state index contributed by atoms with van der Waals surface area (Å²) in [5.74, 6) is 1.46. The molecule has 4 rings (SSSR count). The van der Waals surface area contributed by atoms with Crippen LogP contribution in [0.4, 0.5) is 0 Å². The minimum absolute atomic E-state index is 0.120. The number of amides is 1. The van der Waals surface area contributed by atoms with Gasteiger partial charge in [-0.2, -0.15) is 0 Å². The van der Waals surface area contributed by atoms with Crippen molar-refractivity contribution >= 4 is 11.4 Å². The number of carbonyl (C=O) groups excluding carboxylic acids is 1. The summed E-state index contributed by atoms with van der Waals surface area (Å²) in [5.41, 5.74) is 3.18. The lowest BCUT2D eigenvalue weighted by Gasteiger charge is -2.07. The van der Waals surface area contributed by atoms with Crippen molar-refractivity contribution in [2.45, 2.75) is 13.5 Å². The molecule has 0 aliphatic rings. The monoisotopic (exact) mass is 359 g/mol. The zero-order valence-electron chi connectivity index (χ0n) is 15.6. The summed E-state index contributed by atoms with van der Waals surface area (Å²) in [6.07, 6.45) is 3.91. The van der Waals surface area contributed by atoms with Gasteiger partial charge in [0.1, 0.15) is 11.5 Å². The average Bonchev–Trinajstić information content (AvgIpc) is 3.23. The summed E-state index contributed by atoms with van der Waals surface area (Å²) in [7, 11) is 3.46. The molecule has 0 N–H and O–H groups in total. The number of hydrogen-bond donors (Lipinski definition) is 0. The molecule has 0 fully saturated rings. The quantitative estimate of drug-likeness (QED) is 0.562. The predicted octanol–water partition coefficient (Wildman–Crippen LogP) is 3.26. The Labute approximate surface area is 157 Å². The van der Waals surface area contributed by atoms with E-state index in [1.807, 2.05) is 60.1 Å². The Hall–Kier alpha value is -3.41. The van der Waals surface area contributed by atoms with Gasteiger partial charge in [0.2, 0.25) is 0 Å². The van der Waals surface area contributed by atoms with Crippen LogP contribution in [0.15, 0.2) is 60.9 Å². The van der Waals surface area contributed by atoms with E-state index >= 15 is 0 Å². The standard InChI is InChI=1S/C21H21N5O/c1-15-22-17(14-25(15)13-16-9-5-4-6-10-16)20-23-19(21(27)24(2)3)18-11-7-8-12-26(18)20/h4-12,14H,13H2,1-3H3. The molecule has 0 aliphatic carbocycles. The third kappa shape index (κ3) is 3.10. The van der Waals surface area contributed by atoms with Gasteiger partial charge < -0.3 is 9.47 Å². The Morgan fingerprint density at radius 2 is 1.78 bits per heavy atom. The number of pyridine rings is 1. The topological polar surface area (TPSA) is 55.4 Å². The molecular weight excluding hydrogens is 338 g/mol. The maximum atomic E-state index is 12.5. The molecule has 1 aromatic carbocycles. The molecule has 6 heteroatoms. The van der Waals surface area contributed by atoms with Crippen LogP contribution in [-0.2, 0) is 6.54 Å². The Kier molecular flexibility index (Phi) is 4.24. The van der Waals surface area contributed by atoms with Gasteiger partial charge in [-0.25, -0.2) is 9.97 Å². The minimum atomic E-state index is -0.120. The smallest absolute Gasteiger partial charge is 0.274 e. The lowest BCUT2D eigenvalue weighted by molar-refractivity contribution is 0.0824. The number of aryl methyl sites for hydroxylation is 1. The van der Waals surface area contributed by atoms with E-state index in [-0.39, 0.29) is 5.91 Å². The van der Waals surface area contributed by atoms with Gasteiger partial charge in [0.05, 0.1) is 5.52 Å². The van der Waals surface area contributed by atoms with Gasteiger partial charge in [-0.1, -0.05) is 36.4 Å². The van der Waals surface area contributed by atoms with E-state index in [1.165, 1.54) is 5.56 Å². The largest absolute Gasteiger partial charge is 0.343 e. The average molecular weight is 359 g/mol. The number of aromatic nitrogens is 4. The van der Waals surface area contributed by atoms with E-state index < -0.39 is 0 Å². The highest BCUT2D eigenvalue weighted by atomic mass is 16.2. The third-order valence-electron chi connectivity index (χ3n) is 4.56. The fraction of sp³-hybridized carbons (Fsp3) is 0.190. The van der Waals surface area contributed by atoms with Crippen LogP contribution in [0.3, 0.4) is 0 Å². The van der Waals surface area contributed by atoms with Crippen LogP contribution in [0.5, 0.6) is 0 Å². The first-order valence-electron chi connectivity index (χ1n) is 8.81. The molecule has 0 saturated carbocycles. The molecule has 3 heterocycles. The normalized spacial score (nSPS) is 11.1. The molecule has 0 aliphatic heterocycles. The second-order valence-electron chi connectivity index (χ2n) is 6.73. The molecule has 0 saturated heterocycles. The number of nitrogens with zero attached hydrogens (tertiary/aromatic N) is 5. The lowest BCUT2D eigenvalue weighted by atomic mass is 10.2. The second kappa shape index (κ2) is 6.72. The molecule has 27 heavy (non-hydrogen) atoms. The number of benzene rings is 1. The highest BCUT2D eigenvalue weighted by Crippen LogP contribution is 2.23. The Morgan fingerprint density at radius 1 is 1.04 bits per heavy atom. The van der Waals surface area contributed by atoms with Crippen molar-refractivity contribution < 1.29 is 4.79 Å². The van der Waals surface area contributed by atoms with E-state index in [0.29, 0.717) is 11.5 Å². The minimum Gasteiger partial charge on any atom is -0.343 e. The summed E-state index contributed by atoms with van der Waals surface area (Å²) in [6.45, 7) is 2.72. The molecule has 0 bridgehead atoms. The van der Waals surface area contributed by atoms with Gasteiger partial charge in [0.25, 0.3) is 5.91 Å². The second-order valence-corrected chi connectivity index (χ2v) is 6.73. The summed E-state index contributed by atoms with van der Waals surface area (Å²) in [6, 6.07) is 16.0. The van der Waals surface area contributed by atoms with Crippen LogP contribution in [0, 0.1) is 6.92 Å². The zero-order chi connectivity index (χ0) is 19.0. The maximum absolute atomic E-state index is 12.5. The molecular formula is C21H21N5O. The predicted molar refractivity (Wildman–Crippen MR) is 105 cm³/mol. The summed E-state index contributed by atoms with van der Waals surface area (Å²) in [5, 5.41) is 0.